The van der Waals surface area contributed by atoms with Crippen LogP contribution in [0.1, 0.15) is 15.9 Å². The van der Waals surface area contributed by atoms with Gasteiger partial charge in [0.25, 0.3) is 5.91 Å². The van der Waals surface area contributed by atoms with Crippen LogP contribution >= 0.6 is 0 Å². The Morgan fingerprint density at radius 3 is 2.28 bits per heavy atom. The van der Waals surface area contributed by atoms with Gasteiger partial charge in [-0.1, -0.05) is 42.5 Å². The molecule has 1 heterocycles. The van der Waals surface area contributed by atoms with E-state index >= 15 is 0 Å². The second-order valence-corrected chi connectivity index (χ2v) is 6.96. The topological polar surface area (TPSA) is 84.9 Å². The van der Waals surface area contributed by atoms with Gasteiger partial charge in [0, 0.05) is 22.6 Å². The van der Waals surface area contributed by atoms with Crippen LogP contribution in [0.5, 0.6) is 17.2 Å². The Kier molecular flexibility index (Phi) is 6.07. The van der Waals surface area contributed by atoms with Crippen molar-refractivity contribution in [1.29, 1.82) is 0 Å². The Morgan fingerprint density at radius 1 is 0.906 bits per heavy atom. The van der Waals surface area contributed by atoms with Gasteiger partial charge in [0.1, 0.15) is 17.2 Å². The number of carbonyl (C=O) groups excluding carboxylic acids is 1. The molecule has 0 atom stereocenters. The third kappa shape index (κ3) is 4.13. The number of hydrazone groups is 1. The summed E-state index contributed by atoms with van der Waals surface area (Å²) >= 11 is 0. The summed E-state index contributed by atoms with van der Waals surface area (Å²) in [6, 6.07) is 20.7. The van der Waals surface area contributed by atoms with E-state index < -0.39 is 0 Å². The summed E-state index contributed by atoms with van der Waals surface area (Å²) in [5.41, 5.74) is 6.54. The number of nitrogens with zero attached hydrogens (tertiary/aromatic N) is 1. The molecule has 7 heteroatoms. The molecule has 0 bridgehead atoms. The van der Waals surface area contributed by atoms with E-state index in [-0.39, 0.29) is 5.91 Å². The summed E-state index contributed by atoms with van der Waals surface area (Å²) in [6.45, 7) is 0. The number of hydrogen-bond acceptors (Lipinski definition) is 5. The van der Waals surface area contributed by atoms with Crippen molar-refractivity contribution in [3.8, 4) is 28.5 Å². The second kappa shape index (κ2) is 9.26. The first kappa shape index (κ1) is 21.0. The monoisotopic (exact) mass is 429 g/mol. The largest absolute Gasteiger partial charge is 0.497 e. The number of nitrogens with one attached hydrogen (secondary N) is 2. The number of fused-ring (bicyclic) bond motifs is 1. The second-order valence-electron chi connectivity index (χ2n) is 6.96. The van der Waals surface area contributed by atoms with Gasteiger partial charge in [0.15, 0.2) is 0 Å². The maximum absolute atomic E-state index is 12.7. The standard InChI is InChI=1S/C25H23N3O4/c1-30-18-12-17(13-19(14-18)31-2)25(29)28-26-15-21-20-10-7-11-22(32-3)24(20)27-23(21)16-8-5-4-6-9-16/h4-15,27H,1-3H3,(H,28,29)/b26-15+. The Morgan fingerprint density at radius 2 is 1.62 bits per heavy atom. The van der Waals surface area contributed by atoms with E-state index in [0.29, 0.717) is 17.1 Å². The molecule has 0 aliphatic carbocycles. The molecule has 0 aliphatic heterocycles. The summed E-state index contributed by atoms with van der Waals surface area (Å²) in [7, 11) is 4.70. The van der Waals surface area contributed by atoms with Crippen LogP contribution in [0.25, 0.3) is 22.2 Å². The van der Waals surface area contributed by atoms with Gasteiger partial charge in [-0.05, 0) is 23.8 Å². The molecule has 7 nitrogen and oxygen atoms in total. The number of aromatic amines is 1. The van der Waals surface area contributed by atoms with Crippen molar-refractivity contribution in [1.82, 2.24) is 10.4 Å². The lowest BCUT2D eigenvalue weighted by molar-refractivity contribution is 0.0954. The number of hydrogen-bond donors (Lipinski definition) is 2. The summed E-state index contributed by atoms with van der Waals surface area (Å²) < 4.78 is 16.0. The van der Waals surface area contributed by atoms with E-state index in [4.69, 9.17) is 14.2 Å². The van der Waals surface area contributed by atoms with E-state index in [1.807, 2.05) is 48.5 Å². The van der Waals surface area contributed by atoms with Crippen LogP contribution in [0, 0.1) is 0 Å². The van der Waals surface area contributed by atoms with Crippen molar-refractivity contribution in [3.63, 3.8) is 0 Å². The third-order valence-electron chi connectivity index (χ3n) is 5.09. The molecule has 4 aromatic rings. The van der Waals surface area contributed by atoms with Gasteiger partial charge in [0.2, 0.25) is 0 Å². The molecule has 0 saturated carbocycles. The molecule has 0 fully saturated rings. The summed E-state index contributed by atoms with van der Waals surface area (Å²) in [4.78, 5) is 16.1. The number of methoxy groups -OCH3 is 3. The van der Waals surface area contributed by atoms with Crippen molar-refractivity contribution in [3.05, 3.63) is 77.9 Å². The Balaban J connectivity index is 1.69. The molecular weight excluding hydrogens is 406 g/mol. The first-order chi connectivity index (χ1) is 15.6. The highest BCUT2D eigenvalue weighted by Crippen LogP contribution is 2.33. The molecule has 0 unspecified atom stereocenters. The van der Waals surface area contributed by atoms with Gasteiger partial charge in [0.05, 0.1) is 38.8 Å². The van der Waals surface area contributed by atoms with Crippen LogP contribution in [0.4, 0.5) is 0 Å². The number of rotatable bonds is 7. The quantitative estimate of drug-likeness (QED) is 0.332. The number of carbonyl (C=O) groups is 1. The van der Waals surface area contributed by atoms with Crippen LogP contribution in [0.3, 0.4) is 0 Å². The summed E-state index contributed by atoms with van der Waals surface area (Å²) in [5.74, 6) is 1.39. The Bertz CT molecular complexity index is 1260. The average Bonchev–Trinajstić information content (AvgIpc) is 3.22. The van der Waals surface area contributed by atoms with Gasteiger partial charge >= 0.3 is 0 Å². The number of para-hydroxylation sites is 1. The fourth-order valence-corrected chi connectivity index (χ4v) is 3.51. The van der Waals surface area contributed by atoms with Gasteiger partial charge < -0.3 is 19.2 Å². The van der Waals surface area contributed by atoms with Crippen LogP contribution in [0.2, 0.25) is 0 Å². The van der Waals surface area contributed by atoms with E-state index in [1.54, 1.807) is 31.5 Å². The SMILES string of the molecule is COc1cc(OC)cc(C(=O)N/N=C/c2c(-c3ccccc3)[nH]c3c(OC)cccc23)c1. The zero-order chi connectivity index (χ0) is 22.5. The van der Waals surface area contributed by atoms with E-state index in [9.17, 15) is 4.79 Å². The fourth-order valence-electron chi connectivity index (χ4n) is 3.51. The molecular formula is C25H23N3O4. The van der Waals surface area contributed by atoms with Crippen molar-refractivity contribution < 1.29 is 19.0 Å². The minimum absolute atomic E-state index is 0.377. The molecule has 3 aromatic carbocycles. The Labute approximate surface area is 185 Å². The van der Waals surface area contributed by atoms with Gasteiger partial charge in [-0.2, -0.15) is 5.10 Å². The predicted octanol–water partition coefficient (Wildman–Crippen LogP) is 4.62. The average molecular weight is 429 g/mol. The maximum atomic E-state index is 12.7. The van der Waals surface area contributed by atoms with E-state index in [2.05, 4.69) is 15.5 Å². The fraction of sp³-hybridized carbons (Fsp3) is 0.120. The van der Waals surface area contributed by atoms with Gasteiger partial charge in [-0.3, -0.25) is 4.79 Å². The smallest absolute Gasteiger partial charge is 0.271 e. The molecule has 162 valence electrons. The highest BCUT2D eigenvalue weighted by atomic mass is 16.5. The molecule has 0 saturated heterocycles. The highest BCUT2D eigenvalue weighted by molar-refractivity contribution is 6.08. The Hall–Kier alpha value is -4.26. The number of benzene rings is 3. The van der Waals surface area contributed by atoms with Crippen molar-refractivity contribution in [2.45, 2.75) is 0 Å². The first-order valence-corrected chi connectivity index (χ1v) is 9.95. The van der Waals surface area contributed by atoms with E-state index in [0.717, 1.165) is 33.5 Å². The maximum Gasteiger partial charge on any atom is 0.271 e. The number of H-pyrrole nitrogens is 1. The number of amides is 1. The number of aromatic nitrogens is 1. The van der Waals surface area contributed by atoms with Crippen molar-refractivity contribution in [2.24, 2.45) is 5.10 Å². The van der Waals surface area contributed by atoms with Crippen molar-refractivity contribution in [2.75, 3.05) is 21.3 Å². The highest BCUT2D eigenvalue weighted by Gasteiger charge is 2.15. The first-order valence-electron chi connectivity index (χ1n) is 9.95. The predicted molar refractivity (Wildman–Crippen MR) is 125 cm³/mol. The molecule has 1 amide bonds. The minimum Gasteiger partial charge on any atom is -0.497 e. The summed E-state index contributed by atoms with van der Waals surface area (Å²) in [5, 5.41) is 5.16. The molecule has 0 radical (unpaired) electrons. The van der Waals surface area contributed by atoms with E-state index in [1.165, 1.54) is 14.2 Å². The van der Waals surface area contributed by atoms with Crippen LogP contribution in [-0.4, -0.2) is 38.4 Å². The number of ether oxygens (including phenoxy) is 3. The molecule has 32 heavy (non-hydrogen) atoms. The zero-order valence-electron chi connectivity index (χ0n) is 18.0. The normalized spacial score (nSPS) is 11.0. The lowest BCUT2D eigenvalue weighted by atomic mass is 10.1. The molecule has 4 rings (SSSR count). The lowest BCUT2D eigenvalue weighted by Crippen LogP contribution is -2.17. The molecule has 0 spiro atoms. The lowest BCUT2D eigenvalue weighted by Gasteiger charge is -2.07. The summed E-state index contributed by atoms with van der Waals surface area (Å²) in [6.07, 6.45) is 1.63. The van der Waals surface area contributed by atoms with Gasteiger partial charge in [-0.25, -0.2) is 5.43 Å². The van der Waals surface area contributed by atoms with Crippen LogP contribution in [-0.2, 0) is 0 Å². The van der Waals surface area contributed by atoms with Gasteiger partial charge in [-0.15, -0.1) is 0 Å². The molecule has 0 aliphatic rings. The minimum atomic E-state index is -0.378. The molecule has 1 aromatic heterocycles. The molecule has 2 N–H and O–H groups in total. The van der Waals surface area contributed by atoms with Crippen molar-refractivity contribution >= 4 is 23.0 Å². The zero-order valence-corrected chi connectivity index (χ0v) is 18.0. The van der Waals surface area contributed by atoms with Crippen LogP contribution in [0.15, 0.2) is 71.8 Å². The van der Waals surface area contributed by atoms with Crippen LogP contribution < -0.4 is 19.6 Å². The third-order valence-corrected chi connectivity index (χ3v) is 5.09.